The summed E-state index contributed by atoms with van der Waals surface area (Å²) in [7, 11) is -2.11. The second-order valence-electron chi connectivity index (χ2n) is 2.99. The average molecular weight is 229 g/mol. The summed E-state index contributed by atoms with van der Waals surface area (Å²) in [5, 5.41) is 3.05. The lowest BCUT2D eigenvalue weighted by Gasteiger charge is -2.09. The molecule has 15 heavy (non-hydrogen) atoms. The fourth-order valence-electron chi connectivity index (χ4n) is 1.22. The van der Waals surface area contributed by atoms with Gasteiger partial charge in [0.1, 0.15) is 4.90 Å². The summed E-state index contributed by atoms with van der Waals surface area (Å²) in [5.41, 5.74) is 6.70. The van der Waals surface area contributed by atoms with Crippen molar-refractivity contribution in [3.8, 4) is 0 Å². The zero-order chi connectivity index (χ0) is 11.5. The highest BCUT2D eigenvalue weighted by molar-refractivity contribution is 7.89. The normalized spacial score (nSPS) is 11.3. The fourth-order valence-corrected chi connectivity index (χ4v) is 2.05. The Labute approximate surface area is 89.7 Å². The summed E-state index contributed by atoms with van der Waals surface area (Å²) in [6, 6.07) is 4.77. The quantitative estimate of drug-likeness (QED) is 0.660. The third kappa shape index (κ3) is 2.60. The fraction of sp³-hybridized carbons (Fsp3) is 0.333. The van der Waals surface area contributed by atoms with Crippen LogP contribution in [0.1, 0.15) is 6.92 Å². The molecule has 1 aromatic rings. The SMILES string of the molecule is CCNc1ccc(S(=O)(=O)NC)c(N)c1. The summed E-state index contributed by atoms with van der Waals surface area (Å²) in [6.45, 7) is 2.71. The molecule has 6 heteroatoms. The van der Waals surface area contributed by atoms with E-state index in [0.29, 0.717) is 0 Å². The van der Waals surface area contributed by atoms with Gasteiger partial charge in [0.2, 0.25) is 10.0 Å². The number of nitrogen functional groups attached to an aromatic ring is 1. The number of hydrogen-bond acceptors (Lipinski definition) is 4. The summed E-state index contributed by atoms with van der Waals surface area (Å²) in [5.74, 6) is 0. The van der Waals surface area contributed by atoms with Crippen LogP contribution < -0.4 is 15.8 Å². The number of rotatable bonds is 4. The Morgan fingerprint density at radius 1 is 1.40 bits per heavy atom. The van der Waals surface area contributed by atoms with Gasteiger partial charge in [0, 0.05) is 12.2 Å². The molecule has 0 unspecified atom stereocenters. The standard InChI is InChI=1S/C9H15N3O2S/c1-3-12-7-4-5-9(8(10)6-7)15(13,14)11-2/h4-6,11-12H,3,10H2,1-2H3. The maximum atomic E-state index is 11.5. The van der Waals surface area contributed by atoms with E-state index in [0.717, 1.165) is 12.2 Å². The molecule has 0 saturated heterocycles. The van der Waals surface area contributed by atoms with E-state index in [2.05, 4.69) is 10.0 Å². The Balaban J connectivity index is 3.14. The van der Waals surface area contributed by atoms with Crippen molar-refractivity contribution in [1.82, 2.24) is 4.72 Å². The van der Waals surface area contributed by atoms with Gasteiger partial charge in [-0.3, -0.25) is 0 Å². The molecule has 84 valence electrons. The predicted molar refractivity (Wildman–Crippen MR) is 61.3 cm³/mol. The van der Waals surface area contributed by atoms with Gasteiger partial charge in [-0.25, -0.2) is 13.1 Å². The van der Waals surface area contributed by atoms with Gasteiger partial charge in [0.25, 0.3) is 0 Å². The van der Waals surface area contributed by atoms with Crippen LogP contribution in [0.25, 0.3) is 0 Å². The minimum Gasteiger partial charge on any atom is -0.398 e. The molecule has 4 N–H and O–H groups in total. The molecule has 1 aromatic carbocycles. The van der Waals surface area contributed by atoms with Crippen molar-refractivity contribution >= 4 is 21.4 Å². The molecule has 0 aliphatic heterocycles. The molecule has 1 rings (SSSR count). The molecule has 0 atom stereocenters. The van der Waals surface area contributed by atoms with Crippen molar-refractivity contribution in [2.75, 3.05) is 24.6 Å². The van der Waals surface area contributed by atoms with Gasteiger partial charge in [0.15, 0.2) is 0 Å². The minimum atomic E-state index is -3.46. The van der Waals surface area contributed by atoms with Gasteiger partial charge in [-0.15, -0.1) is 0 Å². The Morgan fingerprint density at radius 3 is 2.53 bits per heavy atom. The van der Waals surface area contributed by atoms with Gasteiger partial charge in [0.05, 0.1) is 5.69 Å². The highest BCUT2D eigenvalue weighted by Gasteiger charge is 2.14. The molecule has 0 aromatic heterocycles. The predicted octanol–water partition coefficient (Wildman–Crippen LogP) is 0.609. The summed E-state index contributed by atoms with van der Waals surface area (Å²) >= 11 is 0. The number of nitrogens with two attached hydrogens (primary N) is 1. The zero-order valence-electron chi connectivity index (χ0n) is 8.74. The molecule has 0 fully saturated rings. The molecular formula is C9H15N3O2S. The maximum Gasteiger partial charge on any atom is 0.242 e. The molecule has 0 saturated carbocycles. The van der Waals surface area contributed by atoms with Crippen LogP contribution in [0.15, 0.2) is 23.1 Å². The second-order valence-corrected chi connectivity index (χ2v) is 4.85. The number of benzene rings is 1. The summed E-state index contributed by atoms with van der Waals surface area (Å²) in [6.07, 6.45) is 0. The molecule has 0 heterocycles. The second kappa shape index (κ2) is 4.50. The van der Waals surface area contributed by atoms with Gasteiger partial charge < -0.3 is 11.1 Å². The van der Waals surface area contributed by atoms with Crippen molar-refractivity contribution < 1.29 is 8.42 Å². The first-order valence-electron chi connectivity index (χ1n) is 4.58. The lowest BCUT2D eigenvalue weighted by Crippen LogP contribution is -2.20. The number of nitrogens with one attached hydrogen (secondary N) is 2. The monoisotopic (exact) mass is 229 g/mol. The molecule has 0 aliphatic carbocycles. The van der Waals surface area contributed by atoms with Gasteiger partial charge in [-0.1, -0.05) is 0 Å². The Bertz CT molecular complexity index is 443. The van der Waals surface area contributed by atoms with Gasteiger partial charge in [-0.05, 0) is 32.2 Å². The van der Waals surface area contributed by atoms with Crippen molar-refractivity contribution in [3.63, 3.8) is 0 Å². The van der Waals surface area contributed by atoms with Crippen molar-refractivity contribution in [2.45, 2.75) is 11.8 Å². The van der Waals surface area contributed by atoms with Crippen LogP contribution in [0.2, 0.25) is 0 Å². The highest BCUT2D eigenvalue weighted by atomic mass is 32.2. The largest absolute Gasteiger partial charge is 0.398 e. The molecule has 5 nitrogen and oxygen atoms in total. The average Bonchev–Trinajstić information content (AvgIpc) is 2.18. The molecule has 0 spiro atoms. The van der Waals surface area contributed by atoms with E-state index in [-0.39, 0.29) is 10.6 Å². The van der Waals surface area contributed by atoms with Crippen LogP contribution in [-0.4, -0.2) is 22.0 Å². The van der Waals surface area contributed by atoms with Crippen LogP contribution in [0.3, 0.4) is 0 Å². The zero-order valence-corrected chi connectivity index (χ0v) is 9.56. The summed E-state index contributed by atoms with van der Waals surface area (Å²) in [4.78, 5) is 0.103. The topological polar surface area (TPSA) is 84.2 Å². The van der Waals surface area contributed by atoms with Crippen molar-refractivity contribution in [1.29, 1.82) is 0 Å². The van der Waals surface area contributed by atoms with Crippen LogP contribution in [0.5, 0.6) is 0 Å². The molecular weight excluding hydrogens is 214 g/mol. The number of sulfonamides is 1. The van der Waals surface area contributed by atoms with Crippen LogP contribution in [-0.2, 0) is 10.0 Å². The molecule has 0 aliphatic rings. The van der Waals surface area contributed by atoms with E-state index in [4.69, 9.17) is 5.73 Å². The smallest absolute Gasteiger partial charge is 0.242 e. The Hall–Kier alpha value is -1.27. The summed E-state index contributed by atoms with van der Waals surface area (Å²) < 4.78 is 25.2. The van der Waals surface area contributed by atoms with Crippen molar-refractivity contribution in [2.24, 2.45) is 0 Å². The molecule has 0 radical (unpaired) electrons. The highest BCUT2D eigenvalue weighted by Crippen LogP contribution is 2.21. The van der Waals surface area contributed by atoms with E-state index < -0.39 is 10.0 Å². The first-order chi connectivity index (χ1) is 7.01. The first-order valence-corrected chi connectivity index (χ1v) is 6.06. The van der Waals surface area contributed by atoms with E-state index in [1.807, 2.05) is 6.92 Å². The van der Waals surface area contributed by atoms with Crippen LogP contribution in [0.4, 0.5) is 11.4 Å². The Morgan fingerprint density at radius 2 is 2.07 bits per heavy atom. The van der Waals surface area contributed by atoms with Crippen LogP contribution >= 0.6 is 0 Å². The lowest BCUT2D eigenvalue weighted by atomic mass is 10.3. The third-order valence-electron chi connectivity index (χ3n) is 1.95. The molecule has 0 amide bonds. The third-order valence-corrected chi connectivity index (χ3v) is 3.44. The number of hydrogen-bond donors (Lipinski definition) is 3. The first kappa shape index (κ1) is 11.8. The lowest BCUT2D eigenvalue weighted by molar-refractivity contribution is 0.588. The minimum absolute atomic E-state index is 0.103. The maximum absolute atomic E-state index is 11.5. The Kier molecular flexibility index (Phi) is 3.54. The van der Waals surface area contributed by atoms with Gasteiger partial charge >= 0.3 is 0 Å². The van der Waals surface area contributed by atoms with Crippen molar-refractivity contribution in [3.05, 3.63) is 18.2 Å². The molecule has 0 bridgehead atoms. The van der Waals surface area contributed by atoms with E-state index >= 15 is 0 Å². The van der Waals surface area contributed by atoms with Crippen LogP contribution in [0, 0.1) is 0 Å². The van der Waals surface area contributed by atoms with E-state index in [1.165, 1.54) is 13.1 Å². The van der Waals surface area contributed by atoms with Gasteiger partial charge in [-0.2, -0.15) is 0 Å². The van der Waals surface area contributed by atoms with E-state index in [1.54, 1.807) is 12.1 Å². The number of anilines is 2. The van der Waals surface area contributed by atoms with E-state index in [9.17, 15) is 8.42 Å².